The summed E-state index contributed by atoms with van der Waals surface area (Å²) in [4.78, 5) is 4.54. The summed E-state index contributed by atoms with van der Waals surface area (Å²) in [5.74, 6) is 5.82. The predicted molar refractivity (Wildman–Crippen MR) is 82.8 cm³/mol. The van der Waals surface area contributed by atoms with E-state index in [1.807, 2.05) is 13.1 Å². The van der Waals surface area contributed by atoms with Gasteiger partial charge in [-0.15, -0.1) is 0 Å². The van der Waals surface area contributed by atoms with Gasteiger partial charge in [0.1, 0.15) is 0 Å². The molecule has 1 atom stereocenters. The maximum absolute atomic E-state index is 6.09. The topological polar surface area (TPSA) is 69.4 Å². The van der Waals surface area contributed by atoms with Crippen molar-refractivity contribution in [3.63, 3.8) is 0 Å². The molecule has 1 aromatic rings. The predicted octanol–water partition coefficient (Wildman–Crippen LogP) is 1.60. The van der Waals surface area contributed by atoms with E-state index in [0.717, 1.165) is 44.6 Å². The van der Waals surface area contributed by atoms with Crippen molar-refractivity contribution in [1.29, 1.82) is 0 Å². The molecule has 0 amide bonds. The standard InChI is InChI=1S/C16H27N3O2/c1-3-13-5-6-14(18-12-13)11-15(19-17)16(21-4-2)7-9-20-10-8-16/h5-6,12,15,19H,3-4,7-11,17H2,1-2H3. The van der Waals surface area contributed by atoms with Crippen LogP contribution in [0.4, 0.5) is 0 Å². The van der Waals surface area contributed by atoms with Gasteiger partial charge in [0.15, 0.2) is 0 Å². The number of aromatic nitrogens is 1. The maximum atomic E-state index is 6.09. The van der Waals surface area contributed by atoms with Crippen LogP contribution >= 0.6 is 0 Å². The summed E-state index contributed by atoms with van der Waals surface area (Å²) in [6, 6.07) is 4.26. The lowest BCUT2D eigenvalue weighted by Crippen LogP contribution is -2.58. The van der Waals surface area contributed by atoms with Crippen LogP contribution in [-0.2, 0) is 22.3 Å². The summed E-state index contributed by atoms with van der Waals surface area (Å²) in [6.45, 7) is 6.28. The minimum Gasteiger partial charge on any atom is -0.381 e. The van der Waals surface area contributed by atoms with Gasteiger partial charge >= 0.3 is 0 Å². The fourth-order valence-electron chi connectivity index (χ4n) is 2.99. The Hall–Kier alpha value is -1.01. The molecule has 1 aliphatic rings. The van der Waals surface area contributed by atoms with Crippen LogP contribution in [0.5, 0.6) is 0 Å². The summed E-state index contributed by atoms with van der Waals surface area (Å²) in [5, 5.41) is 0. The highest BCUT2D eigenvalue weighted by molar-refractivity contribution is 5.15. The van der Waals surface area contributed by atoms with Crippen LogP contribution in [0.25, 0.3) is 0 Å². The van der Waals surface area contributed by atoms with Gasteiger partial charge in [-0.1, -0.05) is 13.0 Å². The number of hydrazine groups is 1. The summed E-state index contributed by atoms with van der Waals surface area (Å²) in [5.41, 5.74) is 4.99. The van der Waals surface area contributed by atoms with Gasteiger partial charge in [0.25, 0.3) is 0 Å². The van der Waals surface area contributed by atoms with E-state index < -0.39 is 0 Å². The zero-order chi connectivity index (χ0) is 15.1. The smallest absolute Gasteiger partial charge is 0.0895 e. The SMILES string of the molecule is CCOC1(C(Cc2ccc(CC)cn2)NN)CCOCC1. The molecular formula is C16H27N3O2. The van der Waals surface area contributed by atoms with E-state index in [4.69, 9.17) is 15.3 Å². The molecule has 1 aliphatic heterocycles. The molecule has 0 aromatic carbocycles. The second-order valence-electron chi connectivity index (χ2n) is 5.54. The number of rotatable bonds is 7. The molecule has 1 aromatic heterocycles. The van der Waals surface area contributed by atoms with Crippen LogP contribution in [0.15, 0.2) is 18.3 Å². The van der Waals surface area contributed by atoms with E-state index in [9.17, 15) is 0 Å². The van der Waals surface area contributed by atoms with Gasteiger partial charge in [-0.2, -0.15) is 0 Å². The van der Waals surface area contributed by atoms with Crippen LogP contribution in [0, 0.1) is 0 Å². The van der Waals surface area contributed by atoms with Gasteiger partial charge in [-0.05, 0) is 25.0 Å². The van der Waals surface area contributed by atoms with Gasteiger partial charge in [0.2, 0.25) is 0 Å². The van der Waals surface area contributed by atoms with E-state index >= 15 is 0 Å². The number of ether oxygens (including phenoxy) is 2. The number of pyridine rings is 1. The summed E-state index contributed by atoms with van der Waals surface area (Å²) >= 11 is 0. The Kier molecular flexibility index (Phi) is 6.11. The molecule has 118 valence electrons. The average Bonchev–Trinajstić information content (AvgIpc) is 2.54. The molecule has 0 bridgehead atoms. The first-order chi connectivity index (χ1) is 10.2. The van der Waals surface area contributed by atoms with E-state index in [2.05, 4.69) is 29.5 Å². The van der Waals surface area contributed by atoms with Gasteiger partial charge in [-0.3, -0.25) is 16.3 Å². The molecule has 5 heteroatoms. The summed E-state index contributed by atoms with van der Waals surface area (Å²) in [7, 11) is 0. The highest BCUT2D eigenvalue weighted by atomic mass is 16.5. The Balaban J connectivity index is 2.11. The molecular weight excluding hydrogens is 266 g/mol. The van der Waals surface area contributed by atoms with Gasteiger partial charge in [0, 0.05) is 51.0 Å². The Morgan fingerprint density at radius 3 is 2.67 bits per heavy atom. The highest BCUT2D eigenvalue weighted by Crippen LogP contribution is 2.30. The lowest BCUT2D eigenvalue weighted by Gasteiger charge is -2.42. The zero-order valence-corrected chi connectivity index (χ0v) is 13.1. The fraction of sp³-hybridized carbons (Fsp3) is 0.688. The normalized spacial score (nSPS) is 19.4. The third kappa shape index (κ3) is 4.01. The molecule has 5 nitrogen and oxygen atoms in total. The van der Waals surface area contributed by atoms with Crippen molar-refractivity contribution in [3.8, 4) is 0 Å². The molecule has 1 fully saturated rings. The van der Waals surface area contributed by atoms with Crippen molar-refractivity contribution >= 4 is 0 Å². The monoisotopic (exact) mass is 293 g/mol. The molecule has 3 N–H and O–H groups in total. The molecule has 2 rings (SSSR count). The number of nitrogens with zero attached hydrogens (tertiary/aromatic N) is 1. The number of hydrogen-bond donors (Lipinski definition) is 2. The molecule has 0 saturated carbocycles. The van der Waals surface area contributed by atoms with Crippen molar-refractivity contribution < 1.29 is 9.47 Å². The van der Waals surface area contributed by atoms with Crippen LogP contribution in [-0.4, -0.2) is 36.4 Å². The van der Waals surface area contributed by atoms with E-state index in [-0.39, 0.29) is 11.6 Å². The fourth-order valence-corrected chi connectivity index (χ4v) is 2.99. The summed E-state index contributed by atoms with van der Waals surface area (Å²) in [6.07, 6.45) is 5.44. The first-order valence-electron chi connectivity index (χ1n) is 7.85. The van der Waals surface area contributed by atoms with Crippen LogP contribution < -0.4 is 11.3 Å². The molecule has 0 spiro atoms. The Morgan fingerprint density at radius 2 is 2.14 bits per heavy atom. The minimum absolute atomic E-state index is 0.0429. The first kappa shape index (κ1) is 16.4. The van der Waals surface area contributed by atoms with Crippen molar-refractivity contribution in [2.24, 2.45) is 5.84 Å². The molecule has 0 aliphatic carbocycles. The van der Waals surface area contributed by atoms with Gasteiger partial charge in [0.05, 0.1) is 11.6 Å². The molecule has 1 unspecified atom stereocenters. The Morgan fingerprint density at radius 1 is 1.38 bits per heavy atom. The quantitative estimate of drug-likeness (QED) is 0.590. The van der Waals surface area contributed by atoms with Crippen molar-refractivity contribution in [2.45, 2.75) is 51.2 Å². The van der Waals surface area contributed by atoms with Crippen molar-refractivity contribution in [3.05, 3.63) is 29.6 Å². The van der Waals surface area contributed by atoms with Gasteiger partial charge < -0.3 is 9.47 Å². The highest BCUT2D eigenvalue weighted by Gasteiger charge is 2.41. The number of nitrogens with two attached hydrogens (primary N) is 1. The zero-order valence-electron chi connectivity index (χ0n) is 13.1. The Bertz CT molecular complexity index is 411. The van der Waals surface area contributed by atoms with Crippen LogP contribution in [0.1, 0.15) is 37.9 Å². The second kappa shape index (κ2) is 7.84. The first-order valence-corrected chi connectivity index (χ1v) is 7.85. The third-order valence-electron chi connectivity index (χ3n) is 4.31. The van der Waals surface area contributed by atoms with Crippen LogP contribution in [0.2, 0.25) is 0 Å². The second-order valence-corrected chi connectivity index (χ2v) is 5.54. The minimum atomic E-state index is -0.257. The van der Waals surface area contributed by atoms with Crippen LogP contribution in [0.3, 0.4) is 0 Å². The molecule has 21 heavy (non-hydrogen) atoms. The largest absolute Gasteiger partial charge is 0.381 e. The lowest BCUT2D eigenvalue weighted by molar-refractivity contribution is -0.126. The van der Waals surface area contributed by atoms with E-state index in [0.29, 0.717) is 6.61 Å². The molecule has 2 heterocycles. The van der Waals surface area contributed by atoms with Crippen molar-refractivity contribution in [1.82, 2.24) is 10.4 Å². The molecule has 1 saturated heterocycles. The van der Waals surface area contributed by atoms with E-state index in [1.165, 1.54) is 5.56 Å². The van der Waals surface area contributed by atoms with Crippen molar-refractivity contribution in [2.75, 3.05) is 19.8 Å². The maximum Gasteiger partial charge on any atom is 0.0895 e. The van der Waals surface area contributed by atoms with Gasteiger partial charge in [-0.25, -0.2) is 0 Å². The van der Waals surface area contributed by atoms with E-state index in [1.54, 1.807) is 0 Å². The number of hydrogen-bond acceptors (Lipinski definition) is 5. The third-order valence-corrected chi connectivity index (χ3v) is 4.31. The number of nitrogens with one attached hydrogen (secondary N) is 1. The lowest BCUT2D eigenvalue weighted by atomic mass is 9.83. The Labute approximate surface area is 127 Å². The summed E-state index contributed by atoms with van der Waals surface area (Å²) < 4.78 is 11.6. The number of aryl methyl sites for hydroxylation is 1. The average molecular weight is 293 g/mol. The molecule has 0 radical (unpaired) electrons.